The Bertz CT molecular complexity index is 659. The van der Waals surface area contributed by atoms with Crippen molar-refractivity contribution in [1.82, 2.24) is 14.6 Å². The fourth-order valence-electron chi connectivity index (χ4n) is 1.72. The molecule has 0 aliphatic heterocycles. The molecule has 0 radical (unpaired) electrons. The summed E-state index contributed by atoms with van der Waals surface area (Å²) < 4.78 is 1.84. The van der Waals surface area contributed by atoms with Crippen LogP contribution in [0, 0.1) is 0 Å². The van der Waals surface area contributed by atoms with Crippen LogP contribution in [-0.4, -0.2) is 14.6 Å². The number of nitrogen functional groups attached to an aromatic ring is 1. The van der Waals surface area contributed by atoms with E-state index in [1.54, 1.807) is 23.6 Å². The lowest BCUT2D eigenvalue weighted by atomic mass is 10.3. The van der Waals surface area contributed by atoms with E-state index < -0.39 is 0 Å². The van der Waals surface area contributed by atoms with Gasteiger partial charge in [-0.25, -0.2) is 0 Å². The van der Waals surface area contributed by atoms with Crippen molar-refractivity contribution in [3.8, 4) is 0 Å². The lowest BCUT2D eigenvalue weighted by Crippen LogP contribution is -1.97. The van der Waals surface area contributed by atoms with Crippen LogP contribution in [0.1, 0.15) is 10.7 Å². The summed E-state index contributed by atoms with van der Waals surface area (Å²) in [6.45, 7) is 0. The van der Waals surface area contributed by atoms with E-state index in [9.17, 15) is 0 Å². The van der Waals surface area contributed by atoms with Gasteiger partial charge in [-0.05, 0) is 17.5 Å². The third kappa shape index (κ3) is 1.87. The highest BCUT2D eigenvalue weighted by Crippen LogP contribution is 2.20. The van der Waals surface area contributed by atoms with Gasteiger partial charge in [-0.15, -0.1) is 21.5 Å². The largest absolute Gasteiger partial charge is 0.396 e. The highest BCUT2D eigenvalue weighted by molar-refractivity contribution is 7.09. The average Bonchev–Trinajstić information content (AvgIpc) is 2.89. The zero-order valence-corrected chi connectivity index (χ0v) is 10.4. The van der Waals surface area contributed by atoms with E-state index in [1.807, 2.05) is 15.8 Å². The minimum Gasteiger partial charge on any atom is -0.396 e. The third-order valence-corrected chi connectivity index (χ3v) is 3.57. The van der Waals surface area contributed by atoms with E-state index in [1.165, 1.54) is 4.88 Å². The maximum atomic E-state index is 5.98. The molecule has 3 rings (SSSR count). The Hall–Kier alpha value is -1.59. The van der Waals surface area contributed by atoms with Crippen LogP contribution in [-0.2, 0) is 6.42 Å². The minimum atomic E-state index is 0.544. The van der Waals surface area contributed by atoms with Gasteiger partial charge < -0.3 is 5.73 Å². The van der Waals surface area contributed by atoms with Crippen molar-refractivity contribution in [1.29, 1.82) is 0 Å². The first-order valence-corrected chi connectivity index (χ1v) is 6.31. The zero-order chi connectivity index (χ0) is 11.8. The van der Waals surface area contributed by atoms with Crippen LogP contribution in [0.25, 0.3) is 5.65 Å². The van der Waals surface area contributed by atoms with Gasteiger partial charge in [0.05, 0.1) is 10.7 Å². The monoisotopic (exact) mass is 264 g/mol. The van der Waals surface area contributed by atoms with Crippen molar-refractivity contribution in [3.63, 3.8) is 0 Å². The number of halogens is 1. The first kappa shape index (κ1) is 10.6. The summed E-state index contributed by atoms with van der Waals surface area (Å²) in [6.07, 6.45) is 2.52. The summed E-state index contributed by atoms with van der Waals surface area (Å²) >= 11 is 7.67. The molecule has 3 aromatic rings. The number of aromatic nitrogens is 3. The summed E-state index contributed by atoms with van der Waals surface area (Å²) in [6, 6.07) is 5.77. The molecule has 0 saturated heterocycles. The predicted molar refractivity (Wildman–Crippen MR) is 69.5 cm³/mol. The maximum Gasteiger partial charge on any atom is 0.184 e. The van der Waals surface area contributed by atoms with Crippen LogP contribution in [0.5, 0.6) is 0 Å². The fourth-order valence-corrected chi connectivity index (χ4v) is 2.64. The SMILES string of the molecule is Nc1cc(Cl)cn2c(Cc3cccs3)nnc12. The molecule has 0 fully saturated rings. The van der Waals surface area contributed by atoms with Gasteiger partial charge >= 0.3 is 0 Å². The van der Waals surface area contributed by atoms with Gasteiger partial charge in [0.2, 0.25) is 0 Å². The van der Waals surface area contributed by atoms with E-state index in [4.69, 9.17) is 17.3 Å². The molecule has 0 amide bonds. The molecule has 17 heavy (non-hydrogen) atoms. The summed E-state index contributed by atoms with van der Waals surface area (Å²) in [5.41, 5.74) is 7.04. The summed E-state index contributed by atoms with van der Waals surface area (Å²) in [5.74, 6) is 0.844. The molecule has 4 nitrogen and oxygen atoms in total. The molecule has 0 bridgehead atoms. The van der Waals surface area contributed by atoms with Gasteiger partial charge in [0, 0.05) is 17.5 Å². The van der Waals surface area contributed by atoms with Crippen molar-refractivity contribution in [2.45, 2.75) is 6.42 Å². The first-order chi connectivity index (χ1) is 8.24. The number of pyridine rings is 1. The molecular formula is C11H9ClN4S. The number of thiophene rings is 1. The third-order valence-electron chi connectivity index (χ3n) is 2.48. The smallest absolute Gasteiger partial charge is 0.184 e. The Morgan fingerprint density at radius 2 is 2.29 bits per heavy atom. The first-order valence-electron chi connectivity index (χ1n) is 5.05. The Kier molecular flexibility index (Phi) is 2.49. The van der Waals surface area contributed by atoms with Gasteiger partial charge in [0.25, 0.3) is 0 Å². The maximum absolute atomic E-state index is 5.98. The Balaban J connectivity index is 2.11. The fraction of sp³-hybridized carbons (Fsp3) is 0.0909. The van der Waals surface area contributed by atoms with Crippen LogP contribution in [0.3, 0.4) is 0 Å². The minimum absolute atomic E-state index is 0.544. The average molecular weight is 265 g/mol. The highest BCUT2D eigenvalue weighted by atomic mass is 35.5. The van der Waals surface area contributed by atoms with Crippen LogP contribution in [0.15, 0.2) is 29.8 Å². The molecule has 6 heteroatoms. The van der Waals surface area contributed by atoms with Crippen LogP contribution in [0.4, 0.5) is 5.69 Å². The molecule has 86 valence electrons. The predicted octanol–water partition coefficient (Wildman–Crippen LogP) is 2.62. The molecular weight excluding hydrogens is 256 g/mol. The molecule has 3 heterocycles. The molecule has 0 spiro atoms. The molecule has 2 N–H and O–H groups in total. The molecule has 0 unspecified atom stereocenters. The van der Waals surface area contributed by atoms with Crippen molar-refractivity contribution in [3.05, 3.63) is 45.5 Å². The number of rotatable bonds is 2. The van der Waals surface area contributed by atoms with E-state index >= 15 is 0 Å². The second-order valence-electron chi connectivity index (χ2n) is 3.68. The number of nitrogens with two attached hydrogens (primary N) is 1. The molecule has 0 aliphatic rings. The zero-order valence-electron chi connectivity index (χ0n) is 8.80. The lowest BCUT2D eigenvalue weighted by molar-refractivity contribution is 0.945. The molecule has 0 aromatic carbocycles. The van der Waals surface area contributed by atoms with E-state index in [-0.39, 0.29) is 0 Å². The number of anilines is 1. The molecule has 0 aliphatic carbocycles. The van der Waals surface area contributed by atoms with Crippen molar-refractivity contribution < 1.29 is 0 Å². The van der Waals surface area contributed by atoms with Gasteiger partial charge in [-0.3, -0.25) is 4.40 Å². The summed E-state index contributed by atoms with van der Waals surface area (Å²) in [4.78, 5) is 1.23. The second kappa shape index (κ2) is 4.01. The topological polar surface area (TPSA) is 56.2 Å². The quantitative estimate of drug-likeness (QED) is 0.774. The normalized spacial score (nSPS) is 11.1. The van der Waals surface area contributed by atoms with Gasteiger partial charge in [-0.2, -0.15) is 0 Å². The Labute approximate surface area is 107 Å². The van der Waals surface area contributed by atoms with Crippen molar-refractivity contribution in [2.24, 2.45) is 0 Å². The van der Waals surface area contributed by atoms with Gasteiger partial charge in [0.1, 0.15) is 5.82 Å². The molecule has 0 saturated carbocycles. The second-order valence-corrected chi connectivity index (χ2v) is 5.15. The van der Waals surface area contributed by atoms with E-state index in [2.05, 4.69) is 16.3 Å². The van der Waals surface area contributed by atoms with Gasteiger partial charge in [0.15, 0.2) is 5.65 Å². The Morgan fingerprint density at radius 1 is 1.41 bits per heavy atom. The standard InChI is InChI=1S/C11H9ClN4S/c12-7-4-9(13)11-15-14-10(16(11)6-7)5-8-2-1-3-17-8/h1-4,6H,5,13H2. The number of nitrogens with zero attached hydrogens (tertiary/aromatic N) is 3. The lowest BCUT2D eigenvalue weighted by Gasteiger charge is -2.01. The number of hydrogen-bond donors (Lipinski definition) is 1. The highest BCUT2D eigenvalue weighted by Gasteiger charge is 2.10. The van der Waals surface area contributed by atoms with Crippen LogP contribution in [0.2, 0.25) is 5.02 Å². The molecule has 3 aromatic heterocycles. The summed E-state index contributed by atoms with van der Waals surface area (Å²) in [5, 5.41) is 10.9. The van der Waals surface area contributed by atoms with Crippen LogP contribution < -0.4 is 5.73 Å². The van der Waals surface area contributed by atoms with E-state index in [0.717, 1.165) is 12.2 Å². The van der Waals surface area contributed by atoms with E-state index in [0.29, 0.717) is 16.4 Å². The van der Waals surface area contributed by atoms with Crippen molar-refractivity contribution >= 4 is 34.3 Å². The Morgan fingerprint density at radius 3 is 3.06 bits per heavy atom. The molecule has 0 atom stereocenters. The number of fused-ring (bicyclic) bond motifs is 1. The number of hydrogen-bond acceptors (Lipinski definition) is 4. The van der Waals surface area contributed by atoms with Crippen LogP contribution >= 0.6 is 22.9 Å². The van der Waals surface area contributed by atoms with Crippen molar-refractivity contribution in [2.75, 3.05) is 5.73 Å². The van der Waals surface area contributed by atoms with Gasteiger partial charge in [-0.1, -0.05) is 17.7 Å². The summed E-state index contributed by atoms with van der Waals surface area (Å²) in [7, 11) is 0.